The van der Waals surface area contributed by atoms with Crippen LogP contribution in [0, 0.1) is 0 Å². The lowest BCUT2D eigenvalue weighted by molar-refractivity contribution is -0.141. The van der Waals surface area contributed by atoms with Gasteiger partial charge in [0.1, 0.15) is 30.2 Å². The quantitative estimate of drug-likeness (QED) is 0.917. The summed E-state index contributed by atoms with van der Waals surface area (Å²) in [6.45, 7) is 4.05. The van der Waals surface area contributed by atoms with E-state index in [0.717, 1.165) is 30.0 Å². The minimum absolute atomic E-state index is 0.0857. The number of amides is 1. The van der Waals surface area contributed by atoms with Crippen LogP contribution in [0.25, 0.3) is 0 Å². The SMILES string of the molecule is CCCc1nc([C@@H]2CN(C(=O)[C@@H]3COc4ccccc43)CCO2)n[nH]1. The molecule has 0 spiro atoms. The van der Waals surface area contributed by atoms with Crippen molar-refractivity contribution in [3.8, 4) is 5.75 Å². The first-order chi connectivity index (χ1) is 12.3. The van der Waals surface area contributed by atoms with E-state index in [2.05, 4.69) is 22.1 Å². The van der Waals surface area contributed by atoms with E-state index >= 15 is 0 Å². The average molecular weight is 342 g/mol. The van der Waals surface area contributed by atoms with Crippen molar-refractivity contribution < 1.29 is 14.3 Å². The molecule has 7 heteroatoms. The van der Waals surface area contributed by atoms with Crippen LogP contribution in [-0.2, 0) is 16.0 Å². The highest BCUT2D eigenvalue weighted by Gasteiger charge is 2.36. The molecule has 25 heavy (non-hydrogen) atoms. The number of nitrogens with one attached hydrogen (secondary N) is 1. The molecule has 0 bridgehead atoms. The highest BCUT2D eigenvalue weighted by Crippen LogP contribution is 2.35. The molecular formula is C18H22N4O3. The summed E-state index contributed by atoms with van der Waals surface area (Å²) in [6, 6.07) is 7.75. The van der Waals surface area contributed by atoms with Crippen LogP contribution in [0.4, 0.5) is 0 Å². The molecule has 0 radical (unpaired) electrons. The number of morpholine rings is 1. The first-order valence-electron chi connectivity index (χ1n) is 8.79. The van der Waals surface area contributed by atoms with Gasteiger partial charge < -0.3 is 14.4 Å². The normalized spacial score (nSPS) is 22.5. The van der Waals surface area contributed by atoms with Crippen LogP contribution in [0.5, 0.6) is 5.75 Å². The number of hydrogen-bond donors (Lipinski definition) is 1. The fraction of sp³-hybridized carbons (Fsp3) is 0.500. The van der Waals surface area contributed by atoms with Gasteiger partial charge in [0, 0.05) is 18.5 Å². The molecule has 7 nitrogen and oxygen atoms in total. The molecule has 2 aliphatic heterocycles. The van der Waals surface area contributed by atoms with Crippen LogP contribution >= 0.6 is 0 Å². The zero-order valence-corrected chi connectivity index (χ0v) is 14.3. The van der Waals surface area contributed by atoms with Crippen LogP contribution in [0.3, 0.4) is 0 Å². The number of fused-ring (bicyclic) bond motifs is 1. The highest BCUT2D eigenvalue weighted by atomic mass is 16.5. The third kappa shape index (κ3) is 3.11. The second kappa shape index (κ2) is 6.84. The van der Waals surface area contributed by atoms with Crippen molar-refractivity contribution >= 4 is 5.91 Å². The molecule has 2 aromatic rings. The monoisotopic (exact) mass is 342 g/mol. The minimum Gasteiger partial charge on any atom is -0.492 e. The molecule has 3 heterocycles. The number of rotatable bonds is 4. The summed E-state index contributed by atoms with van der Waals surface area (Å²) in [5.41, 5.74) is 0.971. The van der Waals surface area contributed by atoms with Gasteiger partial charge in [-0.05, 0) is 12.5 Å². The van der Waals surface area contributed by atoms with Gasteiger partial charge in [0.05, 0.1) is 13.2 Å². The summed E-state index contributed by atoms with van der Waals surface area (Å²) < 4.78 is 11.5. The number of para-hydroxylation sites is 1. The van der Waals surface area contributed by atoms with Crippen molar-refractivity contribution in [1.82, 2.24) is 20.1 Å². The van der Waals surface area contributed by atoms with Gasteiger partial charge in [0.25, 0.3) is 0 Å². The number of aryl methyl sites for hydroxylation is 1. The van der Waals surface area contributed by atoms with E-state index < -0.39 is 0 Å². The molecule has 1 aromatic carbocycles. The first kappa shape index (κ1) is 16.1. The van der Waals surface area contributed by atoms with E-state index in [4.69, 9.17) is 9.47 Å². The molecule has 0 unspecified atom stereocenters. The lowest BCUT2D eigenvalue weighted by atomic mass is 9.99. The van der Waals surface area contributed by atoms with Gasteiger partial charge in [0.2, 0.25) is 5.91 Å². The van der Waals surface area contributed by atoms with Gasteiger partial charge in [-0.3, -0.25) is 9.89 Å². The Kier molecular flexibility index (Phi) is 4.40. The van der Waals surface area contributed by atoms with Crippen molar-refractivity contribution in [2.45, 2.75) is 31.8 Å². The Morgan fingerprint density at radius 2 is 2.28 bits per heavy atom. The van der Waals surface area contributed by atoms with Crippen LogP contribution < -0.4 is 4.74 Å². The van der Waals surface area contributed by atoms with E-state index in [9.17, 15) is 4.79 Å². The number of carbonyl (C=O) groups excluding carboxylic acids is 1. The summed E-state index contributed by atoms with van der Waals surface area (Å²) in [5, 5.41) is 7.21. The topological polar surface area (TPSA) is 80.3 Å². The van der Waals surface area contributed by atoms with Gasteiger partial charge in [-0.15, -0.1) is 0 Å². The molecule has 1 fully saturated rings. The first-order valence-corrected chi connectivity index (χ1v) is 8.79. The van der Waals surface area contributed by atoms with E-state index in [0.29, 0.717) is 32.1 Å². The summed E-state index contributed by atoms with van der Waals surface area (Å²) >= 11 is 0. The van der Waals surface area contributed by atoms with Crippen LogP contribution in [0.1, 0.15) is 42.6 Å². The van der Waals surface area contributed by atoms with E-state index in [1.807, 2.05) is 29.2 Å². The minimum atomic E-state index is -0.280. The predicted octanol–water partition coefficient (Wildman–Crippen LogP) is 1.83. The summed E-state index contributed by atoms with van der Waals surface area (Å²) in [6.07, 6.45) is 1.59. The fourth-order valence-electron chi connectivity index (χ4n) is 3.40. The molecule has 132 valence electrons. The maximum absolute atomic E-state index is 13.0. The number of hydrogen-bond acceptors (Lipinski definition) is 5. The van der Waals surface area contributed by atoms with Crippen molar-refractivity contribution in [3.05, 3.63) is 41.5 Å². The standard InChI is InChI=1S/C18H22N4O3/c1-2-5-16-19-17(21-20-16)15-10-22(8-9-24-15)18(23)13-11-25-14-7-4-3-6-12(13)14/h3-4,6-7,13,15H,2,5,8-11H2,1H3,(H,19,20,21)/t13-,15+/m1/s1. The molecule has 2 atom stereocenters. The molecule has 0 saturated carbocycles. The van der Waals surface area contributed by atoms with Crippen molar-refractivity contribution in [3.63, 3.8) is 0 Å². The molecule has 0 aliphatic carbocycles. The van der Waals surface area contributed by atoms with Crippen molar-refractivity contribution in [1.29, 1.82) is 0 Å². The average Bonchev–Trinajstić information content (AvgIpc) is 3.29. The highest BCUT2D eigenvalue weighted by molar-refractivity contribution is 5.85. The van der Waals surface area contributed by atoms with Crippen molar-refractivity contribution in [2.24, 2.45) is 0 Å². The number of aromatic amines is 1. The Labute approximate surface area is 146 Å². The zero-order chi connectivity index (χ0) is 17.2. The second-order valence-electron chi connectivity index (χ2n) is 6.44. The molecule has 1 amide bonds. The van der Waals surface area contributed by atoms with Gasteiger partial charge in [-0.2, -0.15) is 5.10 Å². The number of aromatic nitrogens is 3. The van der Waals surface area contributed by atoms with Crippen molar-refractivity contribution in [2.75, 3.05) is 26.3 Å². The van der Waals surface area contributed by atoms with Gasteiger partial charge in [-0.1, -0.05) is 25.1 Å². The summed E-state index contributed by atoms with van der Waals surface area (Å²) in [7, 11) is 0. The summed E-state index contributed by atoms with van der Waals surface area (Å²) in [5.74, 6) is 2.15. The van der Waals surface area contributed by atoms with Crippen LogP contribution in [0.15, 0.2) is 24.3 Å². The molecule has 1 saturated heterocycles. The third-order valence-corrected chi connectivity index (χ3v) is 4.70. The molecule has 1 aromatic heterocycles. The van der Waals surface area contributed by atoms with Gasteiger partial charge >= 0.3 is 0 Å². The maximum Gasteiger partial charge on any atom is 0.233 e. The second-order valence-corrected chi connectivity index (χ2v) is 6.44. The fourth-order valence-corrected chi connectivity index (χ4v) is 3.40. The summed E-state index contributed by atoms with van der Waals surface area (Å²) in [4.78, 5) is 19.3. The van der Waals surface area contributed by atoms with E-state index in [1.54, 1.807) is 0 Å². The number of H-pyrrole nitrogens is 1. The zero-order valence-electron chi connectivity index (χ0n) is 14.3. The number of ether oxygens (including phenoxy) is 2. The Bertz CT molecular complexity index is 760. The van der Waals surface area contributed by atoms with E-state index in [-0.39, 0.29) is 17.9 Å². The Morgan fingerprint density at radius 3 is 3.16 bits per heavy atom. The van der Waals surface area contributed by atoms with Crippen LogP contribution in [-0.4, -0.2) is 52.3 Å². The third-order valence-electron chi connectivity index (χ3n) is 4.70. The Hall–Kier alpha value is -2.41. The largest absolute Gasteiger partial charge is 0.492 e. The molecule has 2 aliphatic rings. The Balaban J connectivity index is 1.47. The lowest BCUT2D eigenvalue weighted by Gasteiger charge is -2.33. The number of benzene rings is 1. The maximum atomic E-state index is 13.0. The van der Waals surface area contributed by atoms with E-state index in [1.165, 1.54) is 0 Å². The van der Waals surface area contributed by atoms with Crippen LogP contribution in [0.2, 0.25) is 0 Å². The number of nitrogens with zero attached hydrogens (tertiary/aromatic N) is 3. The number of carbonyl (C=O) groups is 1. The van der Waals surface area contributed by atoms with Gasteiger partial charge in [0.15, 0.2) is 5.82 Å². The molecule has 1 N–H and O–H groups in total. The Morgan fingerprint density at radius 1 is 1.40 bits per heavy atom. The predicted molar refractivity (Wildman–Crippen MR) is 90.3 cm³/mol. The molecule has 4 rings (SSSR count). The lowest BCUT2D eigenvalue weighted by Crippen LogP contribution is -2.45. The molecular weight excluding hydrogens is 320 g/mol. The smallest absolute Gasteiger partial charge is 0.233 e. The van der Waals surface area contributed by atoms with Gasteiger partial charge in [-0.25, -0.2) is 4.98 Å².